The van der Waals surface area contributed by atoms with E-state index in [2.05, 4.69) is 20.8 Å². The maximum absolute atomic E-state index is 14.7. The molecule has 11 heteroatoms. The molecule has 5 rings (SSSR count). The Labute approximate surface area is 213 Å². The molecular weight excluding hydrogens is 481 g/mol. The third-order valence-electron chi connectivity index (χ3n) is 5.94. The molecule has 0 radical (unpaired) electrons. The van der Waals surface area contributed by atoms with Gasteiger partial charge in [-0.15, -0.1) is 0 Å². The summed E-state index contributed by atoms with van der Waals surface area (Å²) in [6, 6.07) is 9.07. The van der Waals surface area contributed by atoms with E-state index in [0.29, 0.717) is 55.1 Å². The highest BCUT2D eigenvalue weighted by Gasteiger charge is 2.19. The van der Waals surface area contributed by atoms with Crippen LogP contribution in [0.25, 0.3) is 0 Å². The van der Waals surface area contributed by atoms with E-state index in [4.69, 9.17) is 9.47 Å². The van der Waals surface area contributed by atoms with Gasteiger partial charge < -0.3 is 25.0 Å². The van der Waals surface area contributed by atoms with E-state index < -0.39 is 5.82 Å². The normalized spacial score (nSPS) is 15.4. The van der Waals surface area contributed by atoms with Crippen LogP contribution in [0.4, 0.5) is 4.39 Å². The molecule has 2 aromatic carbocycles. The summed E-state index contributed by atoms with van der Waals surface area (Å²) in [5, 5.41) is 12.0. The monoisotopic (exact) mass is 509 g/mol. The van der Waals surface area contributed by atoms with Crippen molar-refractivity contribution in [3.63, 3.8) is 0 Å². The molecule has 1 aromatic heterocycles. The van der Waals surface area contributed by atoms with Crippen molar-refractivity contribution >= 4 is 17.7 Å². The van der Waals surface area contributed by atoms with Crippen LogP contribution in [0.3, 0.4) is 0 Å². The molecule has 0 spiro atoms. The summed E-state index contributed by atoms with van der Waals surface area (Å²) < 4.78 is 26.0. The lowest BCUT2D eigenvalue weighted by Crippen LogP contribution is -2.35. The van der Waals surface area contributed by atoms with Gasteiger partial charge >= 0.3 is 0 Å². The Hall–Kier alpha value is -4.41. The van der Waals surface area contributed by atoms with Gasteiger partial charge in [0, 0.05) is 49.9 Å². The van der Waals surface area contributed by atoms with Gasteiger partial charge in [-0.05, 0) is 43.2 Å². The van der Waals surface area contributed by atoms with Crippen LogP contribution in [-0.4, -0.2) is 59.6 Å². The van der Waals surface area contributed by atoms with Crippen molar-refractivity contribution in [2.75, 3.05) is 26.7 Å². The summed E-state index contributed by atoms with van der Waals surface area (Å²) in [6.07, 6.45) is 4.01. The summed E-state index contributed by atoms with van der Waals surface area (Å²) in [4.78, 5) is 39.8. The second kappa shape index (κ2) is 12.0. The topological polar surface area (TPSA) is 126 Å². The van der Waals surface area contributed by atoms with E-state index in [0.717, 1.165) is 0 Å². The molecule has 0 saturated heterocycles. The van der Waals surface area contributed by atoms with Crippen molar-refractivity contribution in [2.24, 2.45) is 0 Å². The number of H-pyrrole nitrogens is 1. The zero-order valence-corrected chi connectivity index (χ0v) is 20.4. The Balaban J connectivity index is 1.59. The summed E-state index contributed by atoms with van der Waals surface area (Å²) >= 11 is 0. The number of nitrogens with zero attached hydrogens (tertiary/aromatic N) is 2. The van der Waals surface area contributed by atoms with Crippen LogP contribution in [0.2, 0.25) is 0 Å². The van der Waals surface area contributed by atoms with Gasteiger partial charge in [-0.2, -0.15) is 5.10 Å². The third-order valence-corrected chi connectivity index (χ3v) is 5.94. The number of rotatable bonds is 2. The fraction of sp³-hybridized carbons (Fsp3) is 0.308. The Morgan fingerprint density at radius 1 is 1.11 bits per heavy atom. The molecule has 3 amide bonds. The van der Waals surface area contributed by atoms with Gasteiger partial charge in [0.05, 0.1) is 18.9 Å². The number of carbonyl (C=O) groups excluding carboxylic acids is 3. The molecule has 0 aliphatic carbocycles. The van der Waals surface area contributed by atoms with Gasteiger partial charge in [-0.3, -0.25) is 19.5 Å². The van der Waals surface area contributed by atoms with Crippen molar-refractivity contribution in [3.05, 3.63) is 71.3 Å². The molecule has 0 unspecified atom stereocenters. The smallest absolute Gasteiger partial charge is 0.257 e. The predicted molar refractivity (Wildman–Crippen MR) is 132 cm³/mol. The molecule has 3 N–H and O–H groups in total. The molecule has 3 heterocycles. The molecule has 0 fully saturated rings. The highest BCUT2D eigenvalue weighted by molar-refractivity contribution is 5.95. The summed E-state index contributed by atoms with van der Waals surface area (Å²) in [5.74, 6) is -0.542. The van der Waals surface area contributed by atoms with Crippen LogP contribution in [0.15, 0.2) is 48.8 Å². The van der Waals surface area contributed by atoms with E-state index in [1.807, 2.05) is 0 Å². The minimum absolute atomic E-state index is 0.0820. The molecular formula is C26H28FN5O5. The molecule has 10 nitrogen and oxygen atoms in total. The lowest BCUT2D eigenvalue weighted by atomic mass is 10.1. The molecule has 0 atom stereocenters. The number of hydrogen-bond donors (Lipinski definition) is 3. The largest absolute Gasteiger partial charge is 0.493 e. The number of hydrogen-bond acceptors (Lipinski definition) is 6. The van der Waals surface area contributed by atoms with Crippen LogP contribution in [0.5, 0.6) is 17.2 Å². The summed E-state index contributed by atoms with van der Waals surface area (Å²) in [5.41, 5.74) is 0.945. The van der Waals surface area contributed by atoms with Gasteiger partial charge in [0.2, 0.25) is 5.91 Å². The van der Waals surface area contributed by atoms with E-state index in [1.54, 1.807) is 23.1 Å². The first-order chi connectivity index (χ1) is 18.0. The van der Waals surface area contributed by atoms with Gasteiger partial charge in [-0.25, -0.2) is 4.39 Å². The molecule has 2 bridgehead atoms. The SMILES string of the molecule is COc1cc2ccc1Oc1cccc(F)c1CNC(=O)CCCN(C(=O)c1cn[nH]c1)CCCNC2=O. The molecule has 0 saturated carbocycles. The number of methoxy groups -OCH3 is 1. The number of aromatic nitrogens is 2. The first kappa shape index (κ1) is 25.7. The minimum atomic E-state index is -0.532. The molecule has 37 heavy (non-hydrogen) atoms. The summed E-state index contributed by atoms with van der Waals surface area (Å²) in [7, 11) is 1.44. The number of benzene rings is 2. The van der Waals surface area contributed by atoms with E-state index in [-0.39, 0.29) is 42.0 Å². The lowest BCUT2D eigenvalue weighted by molar-refractivity contribution is -0.121. The van der Waals surface area contributed by atoms with Crippen molar-refractivity contribution in [3.8, 4) is 17.2 Å². The fourth-order valence-corrected chi connectivity index (χ4v) is 3.96. The zero-order chi connectivity index (χ0) is 26.2. The number of ether oxygens (including phenoxy) is 2. The first-order valence-corrected chi connectivity index (χ1v) is 11.9. The Morgan fingerprint density at radius 3 is 2.73 bits per heavy atom. The zero-order valence-electron chi connectivity index (χ0n) is 20.4. The number of carbonyl (C=O) groups is 3. The van der Waals surface area contributed by atoms with Crippen LogP contribution >= 0.6 is 0 Å². The molecule has 2 aliphatic heterocycles. The quantitative estimate of drug-likeness (QED) is 0.488. The first-order valence-electron chi connectivity index (χ1n) is 11.9. The Morgan fingerprint density at radius 2 is 1.95 bits per heavy atom. The highest BCUT2D eigenvalue weighted by Crippen LogP contribution is 2.34. The average molecular weight is 510 g/mol. The standard InChI is InChI=1S/C26H28FN5O5/c1-36-23-13-17-8-9-22(23)37-21-6-2-5-20(27)19(21)16-29-24(33)7-3-11-32(12-4-10-28-25(17)34)26(35)18-14-30-31-15-18/h2,5-6,8-9,13-15H,3-4,7,10-12,16H2,1H3,(H,28,34)(H,29,33)(H,30,31). The molecule has 3 aromatic rings. The number of nitrogens with one attached hydrogen (secondary N) is 3. The highest BCUT2D eigenvalue weighted by atomic mass is 19.1. The second-order valence-electron chi connectivity index (χ2n) is 8.45. The maximum atomic E-state index is 14.7. The average Bonchev–Trinajstić information content (AvgIpc) is 3.44. The molecule has 194 valence electrons. The van der Waals surface area contributed by atoms with Gasteiger partial charge in [0.1, 0.15) is 11.6 Å². The van der Waals surface area contributed by atoms with Crippen molar-refractivity contribution < 1.29 is 28.2 Å². The van der Waals surface area contributed by atoms with E-state index >= 15 is 0 Å². The number of halogens is 1. The maximum Gasteiger partial charge on any atom is 0.257 e. The van der Waals surface area contributed by atoms with E-state index in [9.17, 15) is 18.8 Å². The fourth-order valence-electron chi connectivity index (χ4n) is 3.96. The second-order valence-corrected chi connectivity index (χ2v) is 8.45. The Kier molecular flexibility index (Phi) is 8.34. The third kappa shape index (κ3) is 6.43. The van der Waals surface area contributed by atoms with Crippen LogP contribution in [0, 0.1) is 5.82 Å². The summed E-state index contributed by atoms with van der Waals surface area (Å²) in [6.45, 7) is 0.960. The van der Waals surface area contributed by atoms with E-state index in [1.165, 1.54) is 37.7 Å². The predicted octanol–water partition coefficient (Wildman–Crippen LogP) is 3.02. The number of amides is 3. The van der Waals surface area contributed by atoms with Crippen molar-refractivity contribution in [2.45, 2.75) is 25.8 Å². The van der Waals surface area contributed by atoms with Crippen LogP contribution in [-0.2, 0) is 11.3 Å². The van der Waals surface area contributed by atoms with Gasteiger partial charge in [0.25, 0.3) is 11.8 Å². The lowest BCUT2D eigenvalue weighted by Gasteiger charge is -2.22. The van der Waals surface area contributed by atoms with Crippen LogP contribution in [0.1, 0.15) is 45.5 Å². The number of aromatic amines is 1. The van der Waals surface area contributed by atoms with Gasteiger partial charge in [0.15, 0.2) is 11.5 Å². The van der Waals surface area contributed by atoms with Crippen molar-refractivity contribution in [1.29, 1.82) is 0 Å². The number of fused-ring (bicyclic) bond motifs is 13. The van der Waals surface area contributed by atoms with Crippen LogP contribution < -0.4 is 20.1 Å². The van der Waals surface area contributed by atoms with Gasteiger partial charge in [-0.1, -0.05) is 6.07 Å². The Bertz CT molecular complexity index is 1260. The minimum Gasteiger partial charge on any atom is -0.493 e. The molecule has 2 aliphatic rings. The van der Waals surface area contributed by atoms with Crippen molar-refractivity contribution in [1.82, 2.24) is 25.7 Å².